The third-order valence-electron chi connectivity index (χ3n) is 0.939. The van der Waals surface area contributed by atoms with Gasteiger partial charge >= 0.3 is 0 Å². The van der Waals surface area contributed by atoms with Crippen molar-refractivity contribution in [3.8, 4) is 0 Å². The Kier molecular flexibility index (Phi) is 1.86. The first-order valence-corrected chi connectivity index (χ1v) is 3.53. The highest BCUT2D eigenvalue weighted by molar-refractivity contribution is 7.96. The maximum Gasteiger partial charge on any atom is -0.00172 e. The van der Waals surface area contributed by atoms with Crippen molar-refractivity contribution < 1.29 is 0 Å². The van der Waals surface area contributed by atoms with Crippen LogP contribution < -0.4 is 0 Å². The van der Waals surface area contributed by atoms with Gasteiger partial charge < -0.3 is 0 Å². The molecule has 0 aliphatic rings. The van der Waals surface area contributed by atoms with E-state index in [-0.39, 0.29) is 0 Å². The predicted molar refractivity (Wildman–Crippen MR) is 40.8 cm³/mol. The Morgan fingerprint density at radius 3 is 2.12 bits per heavy atom. The SMILES string of the molecule is C=[SH]c1ccccc1. The Bertz CT molecular complexity index is 167. The molecule has 0 aliphatic heterocycles. The summed E-state index contributed by atoms with van der Waals surface area (Å²) >= 11 is 1.10. The molecule has 8 heavy (non-hydrogen) atoms. The van der Waals surface area contributed by atoms with Crippen LogP contribution in [0.15, 0.2) is 35.2 Å². The van der Waals surface area contributed by atoms with Gasteiger partial charge in [-0.25, -0.2) is 0 Å². The van der Waals surface area contributed by atoms with Crippen molar-refractivity contribution in [1.82, 2.24) is 0 Å². The monoisotopic (exact) mass is 124 g/mol. The average molecular weight is 124 g/mol. The molecule has 0 fully saturated rings. The Balaban J connectivity index is 2.99. The third kappa shape index (κ3) is 1.20. The molecule has 1 heteroatoms. The van der Waals surface area contributed by atoms with Gasteiger partial charge in [0.2, 0.25) is 0 Å². The number of thiol groups is 1. The molecule has 1 aromatic rings. The van der Waals surface area contributed by atoms with Gasteiger partial charge in [-0.1, -0.05) is 24.1 Å². The van der Waals surface area contributed by atoms with Gasteiger partial charge in [0.05, 0.1) is 0 Å². The van der Waals surface area contributed by atoms with Crippen LogP contribution in [-0.4, -0.2) is 5.87 Å². The zero-order valence-corrected chi connectivity index (χ0v) is 5.44. The molecule has 0 amide bonds. The van der Waals surface area contributed by atoms with Crippen LogP contribution in [0.5, 0.6) is 0 Å². The minimum absolute atomic E-state index is 1.10. The second kappa shape index (κ2) is 2.68. The fraction of sp³-hybridized carbons (Fsp3) is 0. The van der Waals surface area contributed by atoms with Crippen molar-refractivity contribution in [2.24, 2.45) is 0 Å². The average Bonchev–Trinajstić information content (AvgIpc) is 1.90. The molecule has 0 heterocycles. The minimum atomic E-state index is 1.10. The third-order valence-corrected chi connectivity index (χ3v) is 1.60. The van der Waals surface area contributed by atoms with Gasteiger partial charge in [0.25, 0.3) is 0 Å². The zero-order chi connectivity index (χ0) is 5.82. The summed E-state index contributed by atoms with van der Waals surface area (Å²) in [4.78, 5) is 1.27. The summed E-state index contributed by atoms with van der Waals surface area (Å²) < 4.78 is 0. The summed E-state index contributed by atoms with van der Waals surface area (Å²) in [7, 11) is 0. The molecule has 0 N–H and O–H groups in total. The fourth-order valence-corrected chi connectivity index (χ4v) is 0.916. The van der Waals surface area contributed by atoms with E-state index in [0.717, 1.165) is 11.4 Å². The molecule has 0 radical (unpaired) electrons. The highest BCUT2D eigenvalue weighted by atomic mass is 32.1. The van der Waals surface area contributed by atoms with Crippen LogP contribution in [0.1, 0.15) is 0 Å². The molecular formula is C7H8S. The second-order valence-electron chi connectivity index (χ2n) is 1.49. The lowest BCUT2D eigenvalue weighted by Gasteiger charge is -1.85. The molecular weight excluding hydrogens is 116 g/mol. The van der Waals surface area contributed by atoms with Gasteiger partial charge in [0.15, 0.2) is 0 Å². The Morgan fingerprint density at radius 1 is 1.12 bits per heavy atom. The summed E-state index contributed by atoms with van der Waals surface area (Å²) in [6, 6.07) is 10.2. The van der Waals surface area contributed by atoms with Crippen LogP contribution in [-0.2, 0) is 0 Å². The number of hydrogen-bond donors (Lipinski definition) is 1. The maximum absolute atomic E-state index is 3.73. The molecule has 0 saturated carbocycles. The Morgan fingerprint density at radius 2 is 1.75 bits per heavy atom. The number of rotatable bonds is 1. The van der Waals surface area contributed by atoms with Crippen LogP contribution in [0.4, 0.5) is 0 Å². The van der Waals surface area contributed by atoms with Gasteiger partial charge in [-0.2, -0.15) is 11.4 Å². The molecule has 1 aromatic carbocycles. The lowest BCUT2D eigenvalue weighted by atomic mass is 10.4. The van der Waals surface area contributed by atoms with E-state index in [0.29, 0.717) is 0 Å². The van der Waals surface area contributed by atoms with Crippen molar-refractivity contribution in [3.05, 3.63) is 30.3 Å². The summed E-state index contributed by atoms with van der Waals surface area (Å²) in [5.74, 6) is 3.73. The van der Waals surface area contributed by atoms with Gasteiger partial charge in [-0.15, -0.1) is 0 Å². The molecule has 0 nitrogen and oxygen atoms in total. The van der Waals surface area contributed by atoms with Crippen molar-refractivity contribution in [3.63, 3.8) is 0 Å². The lowest BCUT2D eigenvalue weighted by Crippen LogP contribution is -1.59. The summed E-state index contributed by atoms with van der Waals surface area (Å²) in [5.41, 5.74) is 0. The number of hydrogen-bond acceptors (Lipinski definition) is 0. The zero-order valence-electron chi connectivity index (χ0n) is 4.54. The van der Waals surface area contributed by atoms with Gasteiger partial charge in [0.1, 0.15) is 0 Å². The van der Waals surface area contributed by atoms with E-state index in [1.165, 1.54) is 4.90 Å². The van der Waals surface area contributed by atoms with Gasteiger partial charge in [-0.3, -0.25) is 0 Å². The summed E-state index contributed by atoms with van der Waals surface area (Å²) in [6.45, 7) is 0. The van der Waals surface area contributed by atoms with Crippen molar-refractivity contribution in [2.75, 3.05) is 0 Å². The van der Waals surface area contributed by atoms with Crippen LogP contribution >= 0.6 is 11.4 Å². The Labute approximate surface area is 53.1 Å². The standard InChI is InChI=1S/C7H8S/c1-8-7-5-3-2-4-6-7/h2-6,8H,1H2. The van der Waals surface area contributed by atoms with Crippen molar-refractivity contribution >= 4 is 17.2 Å². The topological polar surface area (TPSA) is 0 Å². The van der Waals surface area contributed by atoms with E-state index in [1.807, 2.05) is 18.2 Å². The molecule has 0 aromatic heterocycles. The van der Waals surface area contributed by atoms with Crippen molar-refractivity contribution in [2.45, 2.75) is 4.90 Å². The summed E-state index contributed by atoms with van der Waals surface area (Å²) in [6.07, 6.45) is 0. The van der Waals surface area contributed by atoms with Gasteiger partial charge in [0, 0.05) is 0 Å². The quantitative estimate of drug-likeness (QED) is 0.429. The highest BCUT2D eigenvalue weighted by Gasteiger charge is 1.75. The smallest absolute Gasteiger partial charge is 0.00172 e. The van der Waals surface area contributed by atoms with Gasteiger partial charge in [-0.05, 0) is 17.0 Å². The molecule has 1 rings (SSSR count). The molecule has 0 atom stereocenters. The molecule has 0 bridgehead atoms. The first kappa shape index (κ1) is 5.57. The normalized spacial score (nSPS) is 9.00. The number of benzene rings is 1. The van der Waals surface area contributed by atoms with E-state index in [9.17, 15) is 0 Å². The van der Waals surface area contributed by atoms with E-state index in [1.54, 1.807) is 0 Å². The van der Waals surface area contributed by atoms with Crippen LogP contribution in [0.2, 0.25) is 0 Å². The minimum Gasteiger partial charge on any atom is -0.177 e. The summed E-state index contributed by atoms with van der Waals surface area (Å²) in [5, 5.41) is 0. The first-order valence-electron chi connectivity index (χ1n) is 2.45. The van der Waals surface area contributed by atoms with E-state index < -0.39 is 0 Å². The van der Waals surface area contributed by atoms with Crippen LogP contribution in [0.25, 0.3) is 0 Å². The van der Waals surface area contributed by atoms with E-state index in [2.05, 4.69) is 18.0 Å². The van der Waals surface area contributed by atoms with Crippen molar-refractivity contribution in [1.29, 1.82) is 0 Å². The molecule has 42 valence electrons. The fourth-order valence-electron chi connectivity index (χ4n) is 0.533. The molecule has 0 unspecified atom stereocenters. The molecule has 0 aliphatic carbocycles. The second-order valence-corrected chi connectivity index (χ2v) is 2.33. The maximum atomic E-state index is 3.73. The lowest BCUT2D eigenvalue weighted by molar-refractivity contribution is 1.48. The highest BCUT2D eigenvalue weighted by Crippen LogP contribution is 2.05. The van der Waals surface area contributed by atoms with Crippen LogP contribution in [0, 0.1) is 0 Å². The predicted octanol–water partition coefficient (Wildman–Crippen LogP) is 1.94. The van der Waals surface area contributed by atoms with Crippen LogP contribution in [0.3, 0.4) is 0 Å². The Hall–Kier alpha value is -0.560. The largest absolute Gasteiger partial charge is 0.177 e. The molecule has 0 saturated heterocycles. The molecule has 0 spiro atoms. The van der Waals surface area contributed by atoms with E-state index >= 15 is 0 Å². The first-order chi connectivity index (χ1) is 3.93. The van der Waals surface area contributed by atoms with E-state index in [4.69, 9.17) is 0 Å².